The Balaban J connectivity index is 2.04. The first-order valence-electron chi connectivity index (χ1n) is 5.69. The van der Waals surface area contributed by atoms with Gasteiger partial charge in [0.15, 0.2) is 0 Å². The molecule has 0 aliphatic heterocycles. The van der Waals surface area contributed by atoms with Crippen molar-refractivity contribution in [2.45, 2.75) is 0 Å². The molecule has 3 aromatic heterocycles. The summed E-state index contributed by atoms with van der Waals surface area (Å²) in [5.74, 6) is 0.838. The Hall–Kier alpha value is -2.62. The summed E-state index contributed by atoms with van der Waals surface area (Å²) < 4.78 is 5.30. The minimum atomic E-state index is 0.632. The van der Waals surface area contributed by atoms with Crippen molar-refractivity contribution in [3.8, 4) is 11.4 Å². The molecule has 0 radical (unpaired) electrons. The van der Waals surface area contributed by atoms with Crippen LogP contribution in [0.2, 0.25) is 0 Å². The molecule has 4 aromatic rings. The Kier molecular flexibility index (Phi) is 1.80. The van der Waals surface area contributed by atoms with E-state index in [1.54, 1.807) is 12.5 Å². The minimum absolute atomic E-state index is 0.632. The van der Waals surface area contributed by atoms with Gasteiger partial charge in [-0.2, -0.15) is 0 Å². The van der Waals surface area contributed by atoms with Crippen LogP contribution in [0.15, 0.2) is 53.3 Å². The molecule has 0 saturated heterocycles. The van der Waals surface area contributed by atoms with Crippen LogP contribution in [-0.4, -0.2) is 15.0 Å². The van der Waals surface area contributed by atoms with E-state index in [4.69, 9.17) is 4.42 Å². The normalized spacial score (nSPS) is 11.3. The minimum Gasteiger partial charge on any atom is -0.446 e. The van der Waals surface area contributed by atoms with Gasteiger partial charge in [-0.25, -0.2) is 9.97 Å². The van der Waals surface area contributed by atoms with Gasteiger partial charge in [0.2, 0.25) is 5.71 Å². The van der Waals surface area contributed by atoms with Gasteiger partial charge in [-0.3, -0.25) is 0 Å². The van der Waals surface area contributed by atoms with Crippen LogP contribution in [0.4, 0.5) is 0 Å². The highest BCUT2D eigenvalue weighted by Gasteiger charge is 2.10. The van der Waals surface area contributed by atoms with Crippen molar-refractivity contribution in [1.29, 1.82) is 0 Å². The van der Waals surface area contributed by atoms with E-state index in [1.165, 1.54) is 0 Å². The van der Waals surface area contributed by atoms with E-state index < -0.39 is 0 Å². The Bertz CT molecular complexity index is 811. The van der Waals surface area contributed by atoms with Gasteiger partial charge < -0.3 is 9.40 Å². The summed E-state index contributed by atoms with van der Waals surface area (Å²) in [4.78, 5) is 12.1. The highest BCUT2D eigenvalue weighted by atomic mass is 16.3. The van der Waals surface area contributed by atoms with Crippen molar-refractivity contribution in [3.63, 3.8) is 0 Å². The van der Waals surface area contributed by atoms with Crippen molar-refractivity contribution >= 4 is 22.1 Å². The number of furan rings is 1. The van der Waals surface area contributed by atoms with Gasteiger partial charge in [0.25, 0.3) is 0 Å². The fraction of sp³-hybridized carbons (Fsp3) is 0. The lowest BCUT2D eigenvalue weighted by Gasteiger charge is -1.96. The van der Waals surface area contributed by atoms with Crippen LogP contribution in [0.3, 0.4) is 0 Å². The molecule has 4 heteroatoms. The van der Waals surface area contributed by atoms with E-state index in [0.717, 1.165) is 27.8 Å². The topological polar surface area (TPSA) is 54.7 Å². The summed E-state index contributed by atoms with van der Waals surface area (Å²) in [6, 6.07) is 11.8. The summed E-state index contributed by atoms with van der Waals surface area (Å²) in [7, 11) is 0. The van der Waals surface area contributed by atoms with Crippen molar-refractivity contribution in [3.05, 3.63) is 48.9 Å². The molecule has 4 rings (SSSR count). The van der Waals surface area contributed by atoms with Gasteiger partial charge >= 0.3 is 0 Å². The molecule has 0 atom stereocenters. The second-order valence-electron chi connectivity index (χ2n) is 4.10. The van der Waals surface area contributed by atoms with E-state index in [1.807, 2.05) is 36.4 Å². The lowest BCUT2D eigenvalue weighted by Crippen LogP contribution is -1.82. The Morgan fingerprint density at radius 1 is 1.06 bits per heavy atom. The third-order valence-corrected chi connectivity index (χ3v) is 3.01. The second kappa shape index (κ2) is 3.43. The highest BCUT2D eigenvalue weighted by Crippen LogP contribution is 2.27. The smallest absolute Gasteiger partial charge is 0.226 e. The number of aromatic amines is 1. The summed E-state index contributed by atoms with van der Waals surface area (Å²) in [6.45, 7) is 0. The largest absolute Gasteiger partial charge is 0.446 e. The van der Waals surface area contributed by atoms with E-state index in [2.05, 4.69) is 15.0 Å². The van der Waals surface area contributed by atoms with Gasteiger partial charge in [0.05, 0.1) is 22.7 Å². The molecular weight excluding hydrogens is 226 g/mol. The summed E-state index contributed by atoms with van der Waals surface area (Å²) >= 11 is 0. The molecule has 0 amide bonds. The van der Waals surface area contributed by atoms with Gasteiger partial charge in [-0.1, -0.05) is 12.1 Å². The average Bonchev–Trinajstić information content (AvgIpc) is 3.04. The molecule has 0 saturated carbocycles. The molecule has 0 spiro atoms. The van der Waals surface area contributed by atoms with Crippen molar-refractivity contribution in [2.24, 2.45) is 0 Å². The first kappa shape index (κ1) is 9.41. The number of imidazole rings is 1. The molecule has 3 heterocycles. The van der Waals surface area contributed by atoms with Crippen LogP contribution < -0.4 is 0 Å². The van der Waals surface area contributed by atoms with Crippen LogP contribution in [0, 0.1) is 0 Å². The second-order valence-corrected chi connectivity index (χ2v) is 4.10. The first-order valence-corrected chi connectivity index (χ1v) is 5.69. The maximum Gasteiger partial charge on any atom is 0.226 e. The lowest BCUT2D eigenvalue weighted by atomic mass is 10.2. The number of rotatable bonds is 1. The van der Waals surface area contributed by atoms with Crippen LogP contribution in [0.1, 0.15) is 0 Å². The van der Waals surface area contributed by atoms with Crippen LogP contribution in [0.25, 0.3) is 33.5 Å². The Morgan fingerprint density at radius 2 is 2.00 bits per heavy atom. The number of benzene rings is 1. The van der Waals surface area contributed by atoms with Gasteiger partial charge in [0.1, 0.15) is 5.82 Å². The quantitative estimate of drug-likeness (QED) is 0.550. The Morgan fingerprint density at radius 3 is 2.94 bits per heavy atom. The van der Waals surface area contributed by atoms with Crippen molar-refractivity contribution < 1.29 is 4.42 Å². The maximum absolute atomic E-state index is 5.30. The monoisotopic (exact) mass is 235 g/mol. The predicted octanol–water partition coefficient (Wildman–Crippen LogP) is 3.37. The third-order valence-electron chi connectivity index (χ3n) is 3.01. The van der Waals surface area contributed by atoms with Crippen LogP contribution >= 0.6 is 0 Å². The zero-order valence-electron chi connectivity index (χ0n) is 9.42. The molecule has 0 aliphatic rings. The molecule has 4 nitrogen and oxygen atoms in total. The number of nitrogens with zero attached hydrogens (tertiary/aromatic N) is 2. The number of fused-ring (bicyclic) bond motifs is 2. The van der Waals surface area contributed by atoms with Crippen LogP contribution in [-0.2, 0) is 0 Å². The molecule has 1 N–H and O–H groups in total. The predicted molar refractivity (Wildman–Crippen MR) is 69.1 cm³/mol. The van der Waals surface area contributed by atoms with E-state index >= 15 is 0 Å². The molecule has 18 heavy (non-hydrogen) atoms. The molecule has 0 fully saturated rings. The lowest BCUT2D eigenvalue weighted by molar-refractivity contribution is 0.603. The summed E-state index contributed by atoms with van der Waals surface area (Å²) in [5, 5.41) is 0.969. The van der Waals surface area contributed by atoms with E-state index in [-0.39, 0.29) is 0 Å². The molecule has 0 aliphatic carbocycles. The average molecular weight is 235 g/mol. The number of para-hydroxylation sites is 2. The molecule has 1 aromatic carbocycles. The zero-order valence-corrected chi connectivity index (χ0v) is 9.42. The third kappa shape index (κ3) is 1.26. The number of hydrogen-bond donors (Lipinski definition) is 1. The van der Waals surface area contributed by atoms with Crippen LogP contribution in [0.5, 0.6) is 0 Å². The fourth-order valence-electron chi connectivity index (χ4n) is 2.16. The first-order chi connectivity index (χ1) is 8.92. The van der Waals surface area contributed by atoms with Crippen molar-refractivity contribution in [2.75, 3.05) is 0 Å². The van der Waals surface area contributed by atoms with E-state index in [9.17, 15) is 0 Å². The number of nitrogens with one attached hydrogen (secondary N) is 1. The number of aromatic nitrogens is 3. The van der Waals surface area contributed by atoms with Gasteiger partial charge in [0, 0.05) is 11.8 Å². The number of pyridine rings is 1. The SMILES string of the molecule is c1ccc2[nH]c(-c3ccnc4occc34)nc2c1. The maximum atomic E-state index is 5.30. The molecule has 0 unspecified atom stereocenters. The molecule has 0 bridgehead atoms. The number of H-pyrrole nitrogens is 1. The van der Waals surface area contributed by atoms with E-state index in [0.29, 0.717) is 5.71 Å². The standard InChI is InChI=1S/C14H9N3O/c1-2-4-12-11(3-1)16-13(17-12)9-5-7-15-14-10(9)6-8-18-14/h1-8H,(H,16,17). The van der Waals surface area contributed by atoms with Crippen molar-refractivity contribution in [1.82, 2.24) is 15.0 Å². The van der Waals surface area contributed by atoms with Gasteiger partial charge in [-0.05, 0) is 24.3 Å². The zero-order chi connectivity index (χ0) is 11.9. The van der Waals surface area contributed by atoms with Gasteiger partial charge in [-0.15, -0.1) is 0 Å². The molecule has 86 valence electrons. The highest BCUT2D eigenvalue weighted by molar-refractivity contribution is 5.91. The summed E-state index contributed by atoms with van der Waals surface area (Å²) in [5.41, 5.74) is 3.62. The fourth-order valence-corrected chi connectivity index (χ4v) is 2.16. The summed E-state index contributed by atoms with van der Waals surface area (Å²) in [6.07, 6.45) is 3.37. The number of hydrogen-bond acceptors (Lipinski definition) is 3. The molecular formula is C14H9N3O. The Labute approximate surface area is 102 Å².